The minimum Gasteiger partial charge on any atom is -0.347 e. The van der Waals surface area contributed by atoms with Crippen LogP contribution in [0.4, 0.5) is 11.4 Å². The molecule has 0 aromatic heterocycles. The monoisotopic (exact) mass is 331 g/mol. The van der Waals surface area contributed by atoms with Gasteiger partial charge in [0.15, 0.2) is 0 Å². The highest BCUT2D eigenvalue weighted by Crippen LogP contribution is 2.30. The van der Waals surface area contributed by atoms with Gasteiger partial charge in [-0.15, -0.1) is 0 Å². The lowest BCUT2D eigenvalue weighted by atomic mass is 10.0. The number of carbonyl (C=O) groups is 3. The number of fused-ring (bicyclic) bond motifs is 1. The van der Waals surface area contributed by atoms with Crippen LogP contribution in [0.25, 0.3) is 0 Å². The maximum Gasteiger partial charge on any atom is 0.243 e. The van der Waals surface area contributed by atoms with Crippen LogP contribution < -0.4 is 15.5 Å². The molecule has 0 radical (unpaired) electrons. The van der Waals surface area contributed by atoms with Gasteiger partial charge in [0.25, 0.3) is 0 Å². The van der Waals surface area contributed by atoms with Gasteiger partial charge in [0.05, 0.1) is 6.54 Å². The standard InChI is InChI=1S/C18H25N3O3/c1-4-12(2)18(24)19-11-17(23)20-15-8-7-14-6-5-9-21(13(3)22)16(14)10-15/h7-8,10,12H,4-6,9,11H2,1-3H3,(H,19,24)(H,20,23). The summed E-state index contributed by atoms with van der Waals surface area (Å²) in [6, 6.07) is 5.60. The van der Waals surface area contributed by atoms with E-state index in [0.717, 1.165) is 30.5 Å². The highest BCUT2D eigenvalue weighted by atomic mass is 16.2. The summed E-state index contributed by atoms with van der Waals surface area (Å²) in [6.07, 6.45) is 2.61. The first-order valence-corrected chi connectivity index (χ1v) is 8.41. The summed E-state index contributed by atoms with van der Waals surface area (Å²) >= 11 is 0. The summed E-state index contributed by atoms with van der Waals surface area (Å²) in [5.74, 6) is -0.511. The fourth-order valence-electron chi connectivity index (χ4n) is 2.71. The number of amides is 3. The third-order valence-electron chi connectivity index (χ3n) is 4.35. The van der Waals surface area contributed by atoms with Gasteiger partial charge in [-0.05, 0) is 37.0 Å². The van der Waals surface area contributed by atoms with Crippen molar-refractivity contribution in [2.24, 2.45) is 5.92 Å². The molecule has 1 unspecified atom stereocenters. The van der Waals surface area contributed by atoms with Crippen LogP contribution in [0, 0.1) is 5.92 Å². The highest BCUT2D eigenvalue weighted by Gasteiger charge is 2.20. The molecule has 1 heterocycles. The predicted octanol–water partition coefficient (Wildman–Crippen LogP) is 2.09. The van der Waals surface area contributed by atoms with E-state index in [2.05, 4.69) is 10.6 Å². The fraction of sp³-hybridized carbons (Fsp3) is 0.500. The molecule has 2 rings (SSSR count). The van der Waals surface area contributed by atoms with E-state index in [-0.39, 0.29) is 30.2 Å². The molecule has 0 saturated carbocycles. The van der Waals surface area contributed by atoms with E-state index < -0.39 is 0 Å². The Labute approximate surface area is 142 Å². The van der Waals surface area contributed by atoms with Crippen molar-refractivity contribution in [2.45, 2.75) is 40.0 Å². The maximum absolute atomic E-state index is 12.0. The zero-order valence-corrected chi connectivity index (χ0v) is 14.5. The van der Waals surface area contributed by atoms with Crippen molar-refractivity contribution in [3.63, 3.8) is 0 Å². The lowest BCUT2D eigenvalue weighted by Gasteiger charge is -2.29. The smallest absolute Gasteiger partial charge is 0.243 e. The van der Waals surface area contributed by atoms with Crippen LogP contribution in [0.5, 0.6) is 0 Å². The number of hydrogen-bond acceptors (Lipinski definition) is 3. The average Bonchev–Trinajstić information content (AvgIpc) is 2.58. The zero-order valence-electron chi connectivity index (χ0n) is 14.5. The Kier molecular flexibility index (Phi) is 5.95. The van der Waals surface area contributed by atoms with Crippen molar-refractivity contribution >= 4 is 29.1 Å². The lowest BCUT2D eigenvalue weighted by molar-refractivity contribution is -0.126. The number of nitrogens with one attached hydrogen (secondary N) is 2. The Morgan fingerprint density at radius 3 is 2.71 bits per heavy atom. The summed E-state index contributed by atoms with van der Waals surface area (Å²) in [6.45, 7) is 5.94. The number of hydrogen-bond donors (Lipinski definition) is 2. The van der Waals surface area contributed by atoms with Gasteiger partial charge < -0.3 is 15.5 Å². The molecule has 1 aliphatic heterocycles. The Hall–Kier alpha value is -2.37. The third-order valence-corrected chi connectivity index (χ3v) is 4.35. The summed E-state index contributed by atoms with van der Waals surface area (Å²) in [5, 5.41) is 5.40. The summed E-state index contributed by atoms with van der Waals surface area (Å²) in [7, 11) is 0. The Morgan fingerprint density at radius 2 is 2.04 bits per heavy atom. The Bertz CT molecular complexity index is 642. The number of carbonyl (C=O) groups excluding carboxylic acids is 3. The molecule has 1 aromatic carbocycles. The quantitative estimate of drug-likeness (QED) is 0.867. The number of benzene rings is 1. The molecule has 1 aromatic rings. The minimum atomic E-state index is -0.281. The molecule has 3 amide bonds. The second kappa shape index (κ2) is 7.95. The molecule has 0 bridgehead atoms. The topological polar surface area (TPSA) is 78.5 Å². The molecule has 2 N–H and O–H groups in total. The third kappa shape index (κ3) is 4.34. The van der Waals surface area contributed by atoms with Crippen LogP contribution in [0.2, 0.25) is 0 Å². The zero-order chi connectivity index (χ0) is 17.7. The van der Waals surface area contributed by atoms with E-state index in [0.29, 0.717) is 12.2 Å². The second-order valence-electron chi connectivity index (χ2n) is 6.19. The highest BCUT2D eigenvalue weighted by molar-refractivity contribution is 5.97. The maximum atomic E-state index is 12.0. The van der Waals surface area contributed by atoms with Gasteiger partial charge in [0.2, 0.25) is 17.7 Å². The number of aryl methyl sites for hydroxylation is 1. The van der Waals surface area contributed by atoms with Crippen LogP contribution >= 0.6 is 0 Å². The SMILES string of the molecule is CCC(C)C(=O)NCC(=O)Nc1ccc2c(c1)N(C(C)=O)CCC2. The van der Waals surface area contributed by atoms with Crippen molar-refractivity contribution in [1.29, 1.82) is 0 Å². The van der Waals surface area contributed by atoms with Gasteiger partial charge in [-0.25, -0.2) is 0 Å². The van der Waals surface area contributed by atoms with Gasteiger partial charge >= 0.3 is 0 Å². The van der Waals surface area contributed by atoms with E-state index in [9.17, 15) is 14.4 Å². The lowest BCUT2D eigenvalue weighted by Crippen LogP contribution is -2.36. The summed E-state index contributed by atoms with van der Waals surface area (Å²) < 4.78 is 0. The molecule has 1 aliphatic rings. The Morgan fingerprint density at radius 1 is 1.29 bits per heavy atom. The van der Waals surface area contributed by atoms with Crippen molar-refractivity contribution in [3.05, 3.63) is 23.8 Å². The predicted molar refractivity (Wildman–Crippen MR) is 93.9 cm³/mol. The molecular weight excluding hydrogens is 306 g/mol. The molecule has 6 nitrogen and oxygen atoms in total. The fourth-order valence-corrected chi connectivity index (χ4v) is 2.71. The van der Waals surface area contributed by atoms with Crippen LogP contribution in [-0.2, 0) is 20.8 Å². The van der Waals surface area contributed by atoms with Gasteiger partial charge in [-0.2, -0.15) is 0 Å². The van der Waals surface area contributed by atoms with Crippen LogP contribution in [0.15, 0.2) is 18.2 Å². The first-order valence-electron chi connectivity index (χ1n) is 8.41. The number of anilines is 2. The van der Waals surface area contributed by atoms with Crippen molar-refractivity contribution < 1.29 is 14.4 Å². The molecule has 0 aliphatic carbocycles. The van der Waals surface area contributed by atoms with Crippen molar-refractivity contribution in [2.75, 3.05) is 23.3 Å². The van der Waals surface area contributed by atoms with Gasteiger partial charge in [-0.1, -0.05) is 19.9 Å². The van der Waals surface area contributed by atoms with Crippen LogP contribution in [0.1, 0.15) is 39.2 Å². The second-order valence-corrected chi connectivity index (χ2v) is 6.19. The van der Waals surface area contributed by atoms with E-state index >= 15 is 0 Å². The first kappa shape index (κ1) is 18.0. The summed E-state index contributed by atoms with van der Waals surface area (Å²) in [5.41, 5.74) is 2.60. The normalized spacial score (nSPS) is 14.5. The van der Waals surface area contributed by atoms with Crippen molar-refractivity contribution in [3.8, 4) is 0 Å². The summed E-state index contributed by atoms with van der Waals surface area (Å²) in [4.78, 5) is 37.2. The van der Waals surface area contributed by atoms with E-state index in [1.54, 1.807) is 11.8 Å². The van der Waals surface area contributed by atoms with E-state index in [4.69, 9.17) is 0 Å². The minimum absolute atomic E-state index is 0.000225. The molecule has 6 heteroatoms. The molecule has 0 saturated heterocycles. The van der Waals surface area contributed by atoms with Gasteiger partial charge in [0.1, 0.15) is 0 Å². The molecule has 130 valence electrons. The molecule has 0 fully saturated rings. The van der Waals surface area contributed by atoms with Crippen LogP contribution in [-0.4, -0.2) is 30.8 Å². The van der Waals surface area contributed by atoms with Gasteiger partial charge in [-0.3, -0.25) is 14.4 Å². The van der Waals surface area contributed by atoms with E-state index in [1.165, 1.54) is 0 Å². The number of nitrogens with zero attached hydrogens (tertiary/aromatic N) is 1. The first-order chi connectivity index (χ1) is 11.4. The molecule has 1 atom stereocenters. The molecular formula is C18H25N3O3. The van der Waals surface area contributed by atoms with Crippen molar-refractivity contribution in [1.82, 2.24) is 5.32 Å². The Balaban J connectivity index is 2.00. The molecule has 0 spiro atoms. The van der Waals surface area contributed by atoms with E-state index in [1.807, 2.05) is 32.0 Å². The van der Waals surface area contributed by atoms with Crippen LogP contribution in [0.3, 0.4) is 0 Å². The number of rotatable bonds is 5. The molecule has 24 heavy (non-hydrogen) atoms. The largest absolute Gasteiger partial charge is 0.347 e. The van der Waals surface area contributed by atoms with Gasteiger partial charge in [0, 0.05) is 30.8 Å². The average molecular weight is 331 g/mol.